The number of nitrogens with zero attached hydrogens (tertiary/aromatic N) is 2. The Morgan fingerprint density at radius 3 is 2.80 bits per heavy atom. The minimum atomic E-state index is -0.342. The van der Waals surface area contributed by atoms with Gasteiger partial charge < -0.3 is 4.90 Å². The summed E-state index contributed by atoms with van der Waals surface area (Å²) in [7, 11) is 2.07. The highest BCUT2D eigenvalue weighted by molar-refractivity contribution is 5.66. The molecule has 0 N–H and O–H groups in total. The van der Waals surface area contributed by atoms with E-state index in [1.165, 1.54) is 0 Å². The molecule has 1 aromatic heterocycles. The predicted octanol–water partition coefficient (Wildman–Crippen LogP) is 2.25. The Bertz CT molecular complexity index is 399. The number of hydrogen-bond acceptors (Lipinski definition) is 2. The molecule has 0 amide bonds. The largest absolute Gasteiger partial charge is 0.302 e. The number of halogens is 1. The average molecular weight is 206 g/mol. The van der Waals surface area contributed by atoms with Crippen LogP contribution in [-0.2, 0) is 0 Å². The molecule has 2 rings (SSSR count). The summed E-state index contributed by atoms with van der Waals surface area (Å²) in [5.74, 6) is -0.342. The molecule has 1 aliphatic rings. The lowest BCUT2D eigenvalue weighted by Gasteiger charge is -2.22. The van der Waals surface area contributed by atoms with Gasteiger partial charge in [0.05, 0.1) is 0 Å². The fourth-order valence-corrected chi connectivity index (χ4v) is 1.78. The van der Waals surface area contributed by atoms with Crippen molar-refractivity contribution in [3.8, 4) is 0 Å². The van der Waals surface area contributed by atoms with Gasteiger partial charge >= 0.3 is 0 Å². The van der Waals surface area contributed by atoms with Crippen molar-refractivity contribution in [2.24, 2.45) is 0 Å². The quantitative estimate of drug-likeness (QED) is 0.655. The van der Waals surface area contributed by atoms with Gasteiger partial charge in [-0.3, -0.25) is 0 Å². The van der Waals surface area contributed by atoms with Gasteiger partial charge in [-0.1, -0.05) is 6.08 Å². The standard InChI is InChI=1S/C12H15FN2/c1-9-3-4-11(12(13)14-9)10-5-7-15(2)8-6-10/h3-5H,6-8H2,1-2H3. The van der Waals surface area contributed by atoms with Crippen LogP contribution in [0.25, 0.3) is 5.57 Å². The monoisotopic (exact) mass is 206 g/mol. The first-order valence-electron chi connectivity index (χ1n) is 5.18. The average Bonchev–Trinajstić information content (AvgIpc) is 2.20. The second kappa shape index (κ2) is 4.11. The molecular formula is C12H15FN2. The van der Waals surface area contributed by atoms with Crippen LogP contribution in [0.1, 0.15) is 17.7 Å². The molecule has 0 atom stereocenters. The predicted molar refractivity (Wildman–Crippen MR) is 59.0 cm³/mol. The van der Waals surface area contributed by atoms with Crippen molar-refractivity contribution in [3.05, 3.63) is 35.4 Å². The second-order valence-corrected chi connectivity index (χ2v) is 4.03. The van der Waals surface area contributed by atoms with E-state index in [-0.39, 0.29) is 5.95 Å². The van der Waals surface area contributed by atoms with Gasteiger partial charge in [-0.2, -0.15) is 4.39 Å². The minimum absolute atomic E-state index is 0.342. The maximum Gasteiger partial charge on any atom is 0.220 e. The van der Waals surface area contributed by atoms with Crippen molar-refractivity contribution in [3.63, 3.8) is 0 Å². The van der Waals surface area contributed by atoms with E-state index >= 15 is 0 Å². The van der Waals surface area contributed by atoms with Crippen molar-refractivity contribution in [2.75, 3.05) is 20.1 Å². The van der Waals surface area contributed by atoms with E-state index in [0.717, 1.165) is 30.8 Å². The Labute approximate surface area is 89.4 Å². The Kier molecular flexibility index (Phi) is 2.82. The molecule has 80 valence electrons. The highest BCUT2D eigenvalue weighted by Crippen LogP contribution is 2.23. The molecule has 0 spiro atoms. The third-order valence-corrected chi connectivity index (χ3v) is 2.75. The van der Waals surface area contributed by atoms with E-state index in [2.05, 4.69) is 23.0 Å². The number of likely N-dealkylation sites (N-methyl/N-ethyl adjacent to an activating group) is 1. The summed E-state index contributed by atoms with van der Waals surface area (Å²) >= 11 is 0. The van der Waals surface area contributed by atoms with Gasteiger partial charge in [0.25, 0.3) is 0 Å². The maximum absolute atomic E-state index is 13.6. The molecule has 0 saturated heterocycles. The van der Waals surface area contributed by atoms with Crippen LogP contribution in [0, 0.1) is 12.9 Å². The van der Waals surface area contributed by atoms with Gasteiger partial charge in [-0.25, -0.2) is 4.98 Å². The van der Waals surface area contributed by atoms with Gasteiger partial charge in [-0.05, 0) is 38.1 Å². The van der Waals surface area contributed by atoms with Gasteiger partial charge in [0.2, 0.25) is 5.95 Å². The van der Waals surface area contributed by atoms with Crippen LogP contribution >= 0.6 is 0 Å². The summed E-state index contributed by atoms with van der Waals surface area (Å²) in [6.45, 7) is 3.68. The fourth-order valence-electron chi connectivity index (χ4n) is 1.78. The van der Waals surface area contributed by atoms with E-state index < -0.39 is 0 Å². The van der Waals surface area contributed by atoms with Gasteiger partial charge in [0.1, 0.15) is 0 Å². The zero-order chi connectivity index (χ0) is 10.8. The lowest BCUT2D eigenvalue weighted by molar-refractivity contribution is 0.369. The molecule has 0 fully saturated rings. The summed E-state index contributed by atoms with van der Waals surface area (Å²) in [6.07, 6.45) is 2.98. The molecule has 0 saturated carbocycles. The third kappa shape index (κ3) is 2.23. The molecule has 0 aromatic carbocycles. The van der Waals surface area contributed by atoms with E-state index in [4.69, 9.17) is 0 Å². The number of hydrogen-bond donors (Lipinski definition) is 0. The Morgan fingerprint density at radius 1 is 1.40 bits per heavy atom. The molecule has 0 aliphatic carbocycles. The molecule has 2 nitrogen and oxygen atoms in total. The maximum atomic E-state index is 13.6. The van der Waals surface area contributed by atoms with Gasteiger partial charge in [0.15, 0.2) is 0 Å². The van der Waals surface area contributed by atoms with Crippen molar-refractivity contribution < 1.29 is 4.39 Å². The molecule has 1 aliphatic heterocycles. The van der Waals surface area contributed by atoms with Gasteiger partial charge in [0, 0.05) is 24.3 Å². The summed E-state index contributed by atoms with van der Waals surface area (Å²) in [4.78, 5) is 6.06. The number of aromatic nitrogens is 1. The molecule has 2 heterocycles. The second-order valence-electron chi connectivity index (χ2n) is 4.03. The molecule has 1 aromatic rings. The van der Waals surface area contributed by atoms with Crippen LogP contribution in [0.5, 0.6) is 0 Å². The SMILES string of the molecule is Cc1ccc(C2=CCN(C)CC2)c(F)n1. The first-order valence-corrected chi connectivity index (χ1v) is 5.18. The number of aryl methyl sites for hydroxylation is 1. The van der Waals surface area contributed by atoms with Crippen molar-refractivity contribution in [1.82, 2.24) is 9.88 Å². The van der Waals surface area contributed by atoms with Crippen molar-refractivity contribution >= 4 is 5.57 Å². The van der Waals surface area contributed by atoms with Gasteiger partial charge in [-0.15, -0.1) is 0 Å². The Hall–Kier alpha value is -1.22. The van der Waals surface area contributed by atoms with E-state index in [9.17, 15) is 4.39 Å². The summed E-state index contributed by atoms with van der Waals surface area (Å²) in [5.41, 5.74) is 2.47. The molecular weight excluding hydrogens is 191 g/mol. The Balaban J connectivity index is 2.30. The normalized spacial score (nSPS) is 17.7. The molecule has 0 bridgehead atoms. The van der Waals surface area contributed by atoms with Crippen molar-refractivity contribution in [1.29, 1.82) is 0 Å². The van der Waals surface area contributed by atoms with E-state index in [1.807, 2.05) is 12.1 Å². The van der Waals surface area contributed by atoms with E-state index in [0.29, 0.717) is 5.56 Å². The first kappa shape index (κ1) is 10.3. The van der Waals surface area contributed by atoms with Crippen LogP contribution in [-0.4, -0.2) is 30.0 Å². The van der Waals surface area contributed by atoms with Crippen LogP contribution in [0.15, 0.2) is 18.2 Å². The van der Waals surface area contributed by atoms with Crippen LogP contribution < -0.4 is 0 Å². The molecule has 15 heavy (non-hydrogen) atoms. The zero-order valence-electron chi connectivity index (χ0n) is 9.13. The smallest absolute Gasteiger partial charge is 0.220 e. The van der Waals surface area contributed by atoms with Crippen LogP contribution in [0.4, 0.5) is 4.39 Å². The summed E-state index contributed by atoms with van der Waals surface area (Å²) in [5, 5.41) is 0. The van der Waals surface area contributed by atoms with Crippen molar-refractivity contribution in [2.45, 2.75) is 13.3 Å². The number of pyridine rings is 1. The minimum Gasteiger partial charge on any atom is -0.302 e. The topological polar surface area (TPSA) is 16.1 Å². The fraction of sp³-hybridized carbons (Fsp3) is 0.417. The molecule has 3 heteroatoms. The molecule has 0 unspecified atom stereocenters. The highest BCUT2D eigenvalue weighted by atomic mass is 19.1. The van der Waals surface area contributed by atoms with Crippen LogP contribution in [0.2, 0.25) is 0 Å². The summed E-state index contributed by atoms with van der Waals surface area (Å²) in [6, 6.07) is 3.69. The van der Waals surface area contributed by atoms with Crippen LogP contribution in [0.3, 0.4) is 0 Å². The first-order chi connectivity index (χ1) is 7.16. The lowest BCUT2D eigenvalue weighted by atomic mass is 10.0. The third-order valence-electron chi connectivity index (χ3n) is 2.75. The van der Waals surface area contributed by atoms with E-state index in [1.54, 1.807) is 6.92 Å². The lowest BCUT2D eigenvalue weighted by Crippen LogP contribution is -2.23. The zero-order valence-corrected chi connectivity index (χ0v) is 9.13. The summed E-state index contributed by atoms with van der Waals surface area (Å²) < 4.78 is 13.6. The molecule has 0 radical (unpaired) electrons. The Morgan fingerprint density at radius 2 is 2.20 bits per heavy atom. The highest BCUT2D eigenvalue weighted by Gasteiger charge is 2.13. The number of rotatable bonds is 1.